The maximum absolute atomic E-state index is 13.3. The minimum absolute atomic E-state index is 0. The van der Waals surface area contributed by atoms with Crippen LogP contribution in [0.1, 0.15) is 23.6 Å². The molecule has 19 heavy (non-hydrogen) atoms. The van der Waals surface area contributed by atoms with Gasteiger partial charge >= 0.3 is 0 Å². The molecule has 0 radical (unpaired) electrons. The molecule has 2 rings (SSSR count). The first-order chi connectivity index (χ1) is 8.72. The van der Waals surface area contributed by atoms with Crippen molar-refractivity contribution in [2.24, 2.45) is 0 Å². The highest BCUT2D eigenvalue weighted by atomic mass is 35.5. The second-order valence-electron chi connectivity index (χ2n) is 4.83. The van der Waals surface area contributed by atoms with Gasteiger partial charge in [0.2, 0.25) is 0 Å². The highest BCUT2D eigenvalue weighted by molar-refractivity contribution is 5.85. The summed E-state index contributed by atoms with van der Waals surface area (Å²) in [5.41, 5.74) is 1.91. The van der Waals surface area contributed by atoms with E-state index in [9.17, 15) is 4.39 Å². The van der Waals surface area contributed by atoms with Crippen molar-refractivity contribution in [2.75, 3.05) is 26.2 Å². The van der Waals surface area contributed by atoms with Crippen LogP contribution in [-0.4, -0.2) is 31.1 Å². The molecule has 4 heteroatoms. The molecule has 106 valence electrons. The van der Waals surface area contributed by atoms with Crippen molar-refractivity contribution >= 4 is 12.4 Å². The highest BCUT2D eigenvalue weighted by Gasteiger charge is 2.21. The minimum atomic E-state index is -0.128. The summed E-state index contributed by atoms with van der Waals surface area (Å²) in [4.78, 5) is 2.45. The van der Waals surface area contributed by atoms with Crippen molar-refractivity contribution in [3.05, 3.63) is 47.8 Å². The Bertz CT molecular complexity index is 417. The Kier molecular flexibility index (Phi) is 6.49. The van der Waals surface area contributed by atoms with Crippen molar-refractivity contribution in [3.8, 4) is 0 Å². The molecule has 1 aliphatic rings. The van der Waals surface area contributed by atoms with E-state index in [1.165, 1.54) is 5.56 Å². The zero-order valence-corrected chi connectivity index (χ0v) is 12.2. The Morgan fingerprint density at radius 1 is 1.42 bits per heavy atom. The Labute approximate surface area is 121 Å². The molecule has 0 saturated carbocycles. The van der Waals surface area contributed by atoms with Crippen LogP contribution in [0.4, 0.5) is 4.39 Å². The fourth-order valence-electron chi connectivity index (χ4n) is 2.52. The number of halogens is 2. The van der Waals surface area contributed by atoms with Crippen LogP contribution in [0, 0.1) is 12.7 Å². The van der Waals surface area contributed by atoms with Gasteiger partial charge in [0, 0.05) is 32.2 Å². The van der Waals surface area contributed by atoms with E-state index >= 15 is 0 Å². The van der Waals surface area contributed by atoms with Gasteiger partial charge in [-0.15, -0.1) is 19.0 Å². The van der Waals surface area contributed by atoms with Gasteiger partial charge in [-0.3, -0.25) is 4.90 Å². The van der Waals surface area contributed by atoms with Crippen molar-refractivity contribution in [1.29, 1.82) is 0 Å². The fraction of sp³-hybridized carbons (Fsp3) is 0.467. The number of piperazine rings is 1. The van der Waals surface area contributed by atoms with Gasteiger partial charge < -0.3 is 5.32 Å². The minimum Gasteiger partial charge on any atom is -0.314 e. The molecule has 1 N–H and O–H groups in total. The number of nitrogens with zero attached hydrogens (tertiary/aromatic N) is 1. The first-order valence-electron chi connectivity index (χ1n) is 6.54. The van der Waals surface area contributed by atoms with Crippen LogP contribution >= 0.6 is 12.4 Å². The Hall–Kier alpha value is -0.900. The predicted octanol–water partition coefficient (Wildman–Crippen LogP) is 3.08. The van der Waals surface area contributed by atoms with Gasteiger partial charge in [0.15, 0.2) is 0 Å². The molecular weight excluding hydrogens is 263 g/mol. The first-order valence-corrected chi connectivity index (χ1v) is 6.54. The maximum atomic E-state index is 13.3. The molecule has 1 heterocycles. The quantitative estimate of drug-likeness (QED) is 0.855. The zero-order valence-electron chi connectivity index (χ0n) is 11.4. The van der Waals surface area contributed by atoms with Crippen molar-refractivity contribution in [1.82, 2.24) is 10.2 Å². The predicted molar refractivity (Wildman–Crippen MR) is 80.4 cm³/mol. The third-order valence-corrected chi connectivity index (χ3v) is 3.55. The van der Waals surface area contributed by atoms with Gasteiger partial charge in [-0.1, -0.05) is 18.2 Å². The van der Waals surface area contributed by atoms with E-state index < -0.39 is 0 Å². The molecular formula is C15H22ClFN2. The van der Waals surface area contributed by atoms with Gasteiger partial charge in [-0.25, -0.2) is 4.39 Å². The summed E-state index contributed by atoms with van der Waals surface area (Å²) in [6.07, 6.45) is 2.86. The molecule has 0 bridgehead atoms. The van der Waals surface area contributed by atoms with Crippen LogP contribution in [0.5, 0.6) is 0 Å². The van der Waals surface area contributed by atoms with E-state index in [-0.39, 0.29) is 18.2 Å². The van der Waals surface area contributed by atoms with E-state index in [4.69, 9.17) is 0 Å². The standard InChI is InChI=1S/C15H21FN2.ClH/c1-3-4-15(18-9-7-17-8-10-18)13-5-6-14(16)12(2)11-13;/h3,5-6,11,15,17H,1,4,7-10H2,2H3;1H/t15-;/m0./s1. The number of benzene rings is 1. The topological polar surface area (TPSA) is 15.3 Å². The van der Waals surface area contributed by atoms with Gasteiger partial charge in [0.05, 0.1) is 0 Å². The maximum Gasteiger partial charge on any atom is 0.126 e. The summed E-state index contributed by atoms with van der Waals surface area (Å²) >= 11 is 0. The number of aryl methyl sites for hydroxylation is 1. The van der Waals surface area contributed by atoms with Gasteiger partial charge in [0.25, 0.3) is 0 Å². The zero-order chi connectivity index (χ0) is 13.0. The molecule has 1 atom stereocenters. The molecule has 1 saturated heterocycles. The Morgan fingerprint density at radius 3 is 2.68 bits per heavy atom. The van der Waals surface area contributed by atoms with Crippen molar-refractivity contribution in [3.63, 3.8) is 0 Å². The van der Waals surface area contributed by atoms with E-state index in [1.807, 2.05) is 25.1 Å². The molecule has 0 aromatic heterocycles. The third-order valence-electron chi connectivity index (χ3n) is 3.55. The van der Waals surface area contributed by atoms with Crippen molar-refractivity contribution in [2.45, 2.75) is 19.4 Å². The lowest BCUT2D eigenvalue weighted by molar-refractivity contribution is 0.174. The van der Waals surface area contributed by atoms with E-state index in [0.717, 1.165) is 38.2 Å². The Balaban J connectivity index is 0.00000180. The van der Waals surface area contributed by atoms with Gasteiger partial charge in [0.1, 0.15) is 5.82 Å². The van der Waals surface area contributed by atoms with E-state index in [1.54, 1.807) is 6.07 Å². The molecule has 0 aliphatic carbocycles. The molecule has 2 nitrogen and oxygen atoms in total. The smallest absolute Gasteiger partial charge is 0.126 e. The average Bonchev–Trinajstić information content (AvgIpc) is 2.40. The molecule has 1 aliphatic heterocycles. The summed E-state index contributed by atoms with van der Waals surface area (Å²) in [7, 11) is 0. The van der Waals surface area contributed by atoms with Crippen LogP contribution in [-0.2, 0) is 0 Å². The van der Waals surface area contributed by atoms with Gasteiger partial charge in [-0.05, 0) is 30.5 Å². The second-order valence-corrected chi connectivity index (χ2v) is 4.83. The summed E-state index contributed by atoms with van der Waals surface area (Å²) in [5, 5.41) is 3.36. The lowest BCUT2D eigenvalue weighted by Gasteiger charge is -2.35. The molecule has 1 fully saturated rings. The van der Waals surface area contributed by atoms with E-state index in [0.29, 0.717) is 6.04 Å². The highest BCUT2D eigenvalue weighted by Crippen LogP contribution is 2.26. The lowest BCUT2D eigenvalue weighted by Crippen LogP contribution is -2.45. The number of hydrogen-bond acceptors (Lipinski definition) is 2. The first kappa shape index (κ1) is 16.2. The second kappa shape index (κ2) is 7.63. The van der Waals surface area contributed by atoms with Crippen LogP contribution in [0.25, 0.3) is 0 Å². The van der Waals surface area contributed by atoms with Crippen LogP contribution < -0.4 is 5.32 Å². The Morgan fingerprint density at radius 2 is 2.11 bits per heavy atom. The average molecular weight is 285 g/mol. The third kappa shape index (κ3) is 4.03. The summed E-state index contributed by atoms with van der Waals surface area (Å²) in [6, 6.07) is 5.76. The SMILES string of the molecule is C=CC[C@@H](c1ccc(F)c(C)c1)N1CCNCC1.Cl. The molecule has 0 amide bonds. The summed E-state index contributed by atoms with van der Waals surface area (Å²) in [6.45, 7) is 9.78. The fourth-order valence-corrected chi connectivity index (χ4v) is 2.52. The normalized spacial score (nSPS) is 17.6. The van der Waals surface area contributed by atoms with E-state index in [2.05, 4.69) is 16.8 Å². The van der Waals surface area contributed by atoms with Crippen molar-refractivity contribution < 1.29 is 4.39 Å². The van der Waals surface area contributed by atoms with Crippen LogP contribution in [0.2, 0.25) is 0 Å². The molecule has 1 aromatic rings. The number of hydrogen-bond donors (Lipinski definition) is 1. The summed E-state index contributed by atoms with van der Waals surface area (Å²) in [5.74, 6) is -0.128. The number of nitrogens with one attached hydrogen (secondary N) is 1. The monoisotopic (exact) mass is 284 g/mol. The molecule has 1 aromatic carbocycles. The number of rotatable bonds is 4. The largest absolute Gasteiger partial charge is 0.314 e. The van der Waals surface area contributed by atoms with Crippen LogP contribution in [0.15, 0.2) is 30.9 Å². The summed E-state index contributed by atoms with van der Waals surface area (Å²) < 4.78 is 13.3. The van der Waals surface area contributed by atoms with Gasteiger partial charge in [-0.2, -0.15) is 0 Å². The molecule has 0 spiro atoms. The molecule has 0 unspecified atom stereocenters. The lowest BCUT2D eigenvalue weighted by atomic mass is 9.99. The van der Waals surface area contributed by atoms with Crippen LogP contribution in [0.3, 0.4) is 0 Å².